The number of nitrogens with one attached hydrogen (secondary N) is 1. The zero-order valence-electron chi connectivity index (χ0n) is 11.2. The number of aromatic nitrogens is 1. The molecular formula is C12H21N3O2S. The van der Waals surface area contributed by atoms with E-state index in [9.17, 15) is 4.79 Å². The van der Waals surface area contributed by atoms with E-state index in [1.54, 1.807) is 11.3 Å². The fraction of sp³-hybridized carbons (Fsp3) is 0.667. The Labute approximate surface area is 112 Å². The maximum absolute atomic E-state index is 10.4. The number of primary amides is 1. The van der Waals surface area contributed by atoms with Crippen LogP contribution in [0.25, 0.3) is 0 Å². The summed E-state index contributed by atoms with van der Waals surface area (Å²) in [6, 6.07) is 0. The van der Waals surface area contributed by atoms with Gasteiger partial charge in [0, 0.05) is 29.6 Å². The van der Waals surface area contributed by atoms with E-state index < -0.39 is 5.91 Å². The lowest BCUT2D eigenvalue weighted by molar-refractivity contribution is -0.122. The van der Waals surface area contributed by atoms with Crippen molar-refractivity contribution in [1.82, 2.24) is 10.3 Å². The molecule has 0 saturated heterocycles. The van der Waals surface area contributed by atoms with Crippen LogP contribution in [0, 0.1) is 0 Å². The Morgan fingerprint density at radius 3 is 2.83 bits per heavy atom. The minimum Gasteiger partial charge on any atom is -0.370 e. The minimum absolute atomic E-state index is 0.0175. The summed E-state index contributed by atoms with van der Waals surface area (Å²) >= 11 is 1.72. The van der Waals surface area contributed by atoms with Crippen LogP contribution in [-0.2, 0) is 21.5 Å². The van der Waals surface area contributed by atoms with Crippen molar-refractivity contribution in [2.45, 2.75) is 32.7 Å². The molecule has 18 heavy (non-hydrogen) atoms. The van der Waals surface area contributed by atoms with Crippen LogP contribution in [0.15, 0.2) is 6.20 Å². The van der Waals surface area contributed by atoms with Gasteiger partial charge in [-0.25, -0.2) is 4.98 Å². The lowest BCUT2D eigenvalue weighted by atomic mass is 9.98. The Hall–Kier alpha value is -0.980. The van der Waals surface area contributed by atoms with Gasteiger partial charge in [0.25, 0.3) is 0 Å². The van der Waals surface area contributed by atoms with Gasteiger partial charge in [-0.05, 0) is 0 Å². The summed E-state index contributed by atoms with van der Waals surface area (Å²) in [5.41, 5.74) is 5.06. The summed E-state index contributed by atoms with van der Waals surface area (Å²) in [5.74, 6) is -0.438. The van der Waals surface area contributed by atoms with E-state index in [-0.39, 0.29) is 12.0 Å². The van der Waals surface area contributed by atoms with Crippen LogP contribution in [0.3, 0.4) is 0 Å². The van der Waals surface area contributed by atoms with Crippen molar-refractivity contribution < 1.29 is 9.53 Å². The molecule has 0 aliphatic carbocycles. The summed E-state index contributed by atoms with van der Waals surface area (Å²) < 4.78 is 5.04. The molecule has 0 bridgehead atoms. The molecular weight excluding hydrogens is 250 g/mol. The average molecular weight is 271 g/mol. The Bertz CT molecular complexity index is 385. The number of hydrogen-bond acceptors (Lipinski definition) is 5. The second-order valence-electron chi connectivity index (χ2n) is 5.08. The van der Waals surface area contributed by atoms with E-state index in [0.29, 0.717) is 13.2 Å². The zero-order valence-corrected chi connectivity index (χ0v) is 12.0. The van der Waals surface area contributed by atoms with Crippen molar-refractivity contribution in [1.29, 1.82) is 0 Å². The maximum atomic E-state index is 10.4. The highest BCUT2D eigenvalue weighted by atomic mass is 32.1. The van der Waals surface area contributed by atoms with Gasteiger partial charge in [0.2, 0.25) is 5.91 Å². The van der Waals surface area contributed by atoms with Crippen molar-refractivity contribution in [2.24, 2.45) is 5.73 Å². The second kappa shape index (κ2) is 6.82. The first-order valence-electron chi connectivity index (χ1n) is 5.91. The summed E-state index contributed by atoms with van der Waals surface area (Å²) in [6.45, 7) is 8.39. The third-order valence-electron chi connectivity index (χ3n) is 2.16. The number of carbonyl (C=O) groups excluding carboxylic acids is 1. The van der Waals surface area contributed by atoms with Crippen molar-refractivity contribution in [2.75, 3.05) is 19.8 Å². The van der Waals surface area contributed by atoms with E-state index in [0.717, 1.165) is 11.6 Å². The number of nitrogens with two attached hydrogens (primary N) is 1. The van der Waals surface area contributed by atoms with Gasteiger partial charge in [0.1, 0.15) is 6.61 Å². The van der Waals surface area contributed by atoms with Crippen LogP contribution in [-0.4, -0.2) is 30.6 Å². The maximum Gasteiger partial charge on any atom is 0.243 e. The number of carbonyl (C=O) groups is 1. The van der Waals surface area contributed by atoms with Crippen molar-refractivity contribution in [3.63, 3.8) is 0 Å². The topological polar surface area (TPSA) is 77.2 Å². The van der Waals surface area contributed by atoms with Crippen molar-refractivity contribution in [3.05, 3.63) is 16.1 Å². The summed E-state index contributed by atoms with van der Waals surface area (Å²) in [6.07, 6.45) is 1.91. The molecule has 0 fully saturated rings. The summed E-state index contributed by atoms with van der Waals surface area (Å²) in [5, 5.41) is 4.38. The molecule has 0 aromatic carbocycles. The Morgan fingerprint density at radius 2 is 2.28 bits per heavy atom. The second-order valence-corrected chi connectivity index (χ2v) is 6.19. The predicted octanol–water partition coefficient (Wildman–Crippen LogP) is 1.03. The molecule has 1 aromatic rings. The molecule has 3 N–H and O–H groups in total. The quantitative estimate of drug-likeness (QED) is 0.726. The number of thiazole rings is 1. The third-order valence-corrected chi connectivity index (χ3v) is 3.58. The smallest absolute Gasteiger partial charge is 0.243 e. The monoisotopic (exact) mass is 271 g/mol. The molecule has 1 rings (SSSR count). The Morgan fingerprint density at radius 1 is 1.56 bits per heavy atom. The Kier molecular flexibility index (Phi) is 5.71. The average Bonchev–Trinajstić information content (AvgIpc) is 2.71. The summed E-state index contributed by atoms with van der Waals surface area (Å²) in [7, 11) is 0. The van der Waals surface area contributed by atoms with Crippen molar-refractivity contribution in [3.8, 4) is 0 Å². The van der Waals surface area contributed by atoms with Gasteiger partial charge in [0.15, 0.2) is 0 Å². The van der Waals surface area contributed by atoms with Gasteiger partial charge < -0.3 is 15.8 Å². The molecule has 0 aliphatic rings. The molecule has 0 radical (unpaired) electrons. The molecule has 6 heteroatoms. The standard InChI is InChI=1S/C12H21N3O2S/c1-12(2,3)11-15-7-9(18-11)6-14-4-5-17-8-10(13)16/h7,14H,4-6,8H2,1-3H3,(H2,13,16). The fourth-order valence-corrected chi connectivity index (χ4v) is 2.20. The first kappa shape index (κ1) is 15.1. The first-order valence-corrected chi connectivity index (χ1v) is 6.73. The normalized spacial score (nSPS) is 11.7. The molecule has 1 aromatic heterocycles. The van der Waals surface area contributed by atoms with Gasteiger partial charge in [-0.3, -0.25) is 4.79 Å². The highest BCUT2D eigenvalue weighted by Crippen LogP contribution is 2.26. The van der Waals surface area contributed by atoms with E-state index in [2.05, 4.69) is 31.1 Å². The lowest BCUT2D eigenvalue weighted by Crippen LogP contribution is -2.23. The van der Waals surface area contributed by atoms with E-state index in [4.69, 9.17) is 10.5 Å². The SMILES string of the molecule is CC(C)(C)c1ncc(CNCCOCC(N)=O)s1. The molecule has 0 aliphatic heterocycles. The molecule has 0 unspecified atom stereocenters. The molecule has 102 valence electrons. The molecule has 1 heterocycles. The predicted molar refractivity (Wildman–Crippen MR) is 72.5 cm³/mol. The third kappa shape index (κ3) is 5.57. The highest BCUT2D eigenvalue weighted by molar-refractivity contribution is 7.11. The zero-order chi connectivity index (χ0) is 13.6. The largest absolute Gasteiger partial charge is 0.370 e. The van der Waals surface area contributed by atoms with Crippen LogP contribution >= 0.6 is 11.3 Å². The van der Waals surface area contributed by atoms with Crippen LogP contribution in [0.1, 0.15) is 30.7 Å². The summed E-state index contributed by atoms with van der Waals surface area (Å²) in [4.78, 5) is 16.0. The van der Waals surface area contributed by atoms with Gasteiger partial charge >= 0.3 is 0 Å². The van der Waals surface area contributed by atoms with Crippen LogP contribution in [0.2, 0.25) is 0 Å². The molecule has 5 nitrogen and oxygen atoms in total. The molecule has 0 atom stereocenters. The van der Waals surface area contributed by atoms with Crippen LogP contribution in [0.4, 0.5) is 0 Å². The van der Waals surface area contributed by atoms with Crippen LogP contribution in [0.5, 0.6) is 0 Å². The molecule has 0 spiro atoms. The fourth-order valence-electron chi connectivity index (χ4n) is 1.26. The molecule has 0 saturated carbocycles. The van der Waals surface area contributed by atoms with Crippen LogP contribution < -0.4 is 11.1 Å². The van der Waals surface area contributed by atoms with Gasteiger partial charge in [-0.1, -0.05) is 20.8 Å². The number of ether oxygens (including phenoxy) is 1. The van der Waals surface area contributed by atoms with E-state index in [1.807, 2.05) is 6.20 Å². The number of rotatable bonds is 7. The van der Waals surface area contributed by atoms with Gasteiger partial charge in [-0.15, -0.1) is 11.3 Å². The number of amides is 1. The van der Waals surface area contributed by atoms with Crippen molar-refractivity contribution >= 4 is 17.2 Å². The molecule has 1 amide bonds. The van der Waals surface area contributed by atoms with E-state index >= 15 is 0 Å². The van der Waals surface area contributed by atoms with E-state index in [1.165, 1.54) is 4.88 Å². The van der Waals surface area contributed by atoms with Gasteiger partial charge in [0.05, 0.1) is 11.6 Å². The Balaban J connectivity index is 2.20. The number of hydrogen-bond donors (Lipinski definition) is 2. The number of nitrogens with zero attached hydrogens (tertiary/aromatic N) is 1. The lowest BCUT2D eigenvalue weighted by Gasteiger charge is -2.13. The minimum atomic E-state index is -0.438. The highest BCUT2D eigenvalue weighted by Gasteiger charge is 2.17. The first-order chi connectivity index (χ1) is 8.39. The van der Waals surface area contributed by atoms with Gasteiger partial charge in [-0.2, -0.15) is 0 Å².